The van der Waals surface area contributed by atoms with E-state index in [9.17, 15) is 9.59 Å². The number of carbonyl (C=O) groups is 2. The summed E-state index contributed by atoms with van der Waals surface area (Å²) in [7, 11) is 0. The van der Waals surface area contributed by atoms with Gasteiger partial charge in [-0.2, -0.15) is 0 Å². The van der Waals surface area contributed by atoms with Crippen LogP contribution in [0.4, 0.5) is 5.69 Å². The molecule has 4 nitrogen and oxygen atoms in total. The molecule has 0 unspecified atom stereocenters. The van der Waals surface area contributed by atoms with Gasteiger partial charge in [-0.05, 0) is 36.4 Å². The molecule has 118 valence electrons. The van der Waals surface area contributed by atoms with Crippen LogP contribution in [-0.2, 0) is 9.59 Å². The lowest BCUT2D eigenvalue weighted by atomic mass is 9.89. The molecule has 0 aromatic heterocycles. The van der Waals surface area contributed by atoms with Gasteiger partial charge in [0, 0.05) is 33.6 Å². The fourth-order valence-electron chi connectivity index (χ4n) is 2.61. The standard InChI is InChI=1S/C17H13Cl2NO3/c18-11-4-6-12(7-5-11)20-15(21)8-10-9-16(22)23-14-3-1-2-13(19)17(10)14/h1-7,10H,8-9H2,(H,20,21)/t10-/m0/s1. The Morgan fingerprint density at radius 2 is 1.91 bits per heavy atom. The highest BCUT2D eigenvalue weighted by Gasteiger charge is 2.30. The van der Waals surface area contributed by atoms with Crippen molar-refractivity contribution in [3.05, 3.63) is 58.1 Å². The third kappa shape index (κ3) is 3.66. The molecule has 1 heterocycles. The topological polar surface area (TPSA) is 55.4 Å². The quantitative estimate of drug-likeness (QED) is 0.659. The van der Waals surface area contributed by atoms with Gasteiger partial charge in [-0.25, -0.2) is 0 Å². The Morgan fingerprint density at radius 1 is 1.17 bits per heavy atom. The molecule has 23 heavy (non-hydrogen) atoms. The summed E-state index contributed by atoms with van der Waals surface area (Å²) in [5.41, 5.74) is 1.36. The molecule has 3 rings (SSSR count). The SMILES string of the molecule is O=C(C[C@H]1CC(=O)Oc2cccc(Cl)c21)Nc1ccc(Cl)cc1. The van der Waals surface area contributed by atoms with Crippen molar-refractivity contribution in [1.29, 1.82) is 0 Å². The Labute approximate surface area is 143 Å². The van der Waals surface area contributed by atoms with Gasteiger partial charge in [-0.3, -0.25) is 9.59 Å². The van der Waals surface area contributed by atoms with Gasteiger partial charge in [0.05, 0.1) is 6.42 Å². The molecule has 6 heteroatoms. The second-order valence-electron chi connectivity index (χ2n) is 5.29. The monoisotopic (exact) mass is 349 g/mol. The Kier molecular flexibility index (Phi) is 4.55. The van der Waals surface area contributed by atoms with Gasteiger partial charge in [-0.15, -0.1) is 0 Å². The summed E-state index contributed by atoms with van der Waals surface area (Å²) >= 11 is 12.0. The maximum absolute atomic E-state index is 12.3. The first-order chi connectivity index (χ1) is 11.0. The Hall–Kier alpha value is -2.04. The average molecular weight is 350 g/mol. The van der Waals surface area contributed by atoms with E-state index < -0.39 is 0 Å². The molecule has 0 bridgehead atoms. The molecule has 0 fully saturated rings. The zero-order valence-corrected chi connectivity index (χ0v) is 13.5. The summed E-state index contributed by atoms with van der Waals surface area (Å²) in [4.78, 5) is 24.0. The number of fused-ring (bicyclic) bond motifs is 1. The fourth-order valence-corrected chi connectivity index (χ4v) is 3.06. The summed E-state index contributed by atoms with van der Waals surface area (Å²) in [5.74, 6) is -0.424. The van der Waals surface area contributed by atoms with E-state index in [0.717, 1.165) is 0 Å². The van der Waals surface area contributed by atoms with Crippen LogP contribution in [0.2, 0.25) is 10.0 Å². The average Bonchev–Trinajstić information content (AvgIpc) is 2.49. The van der Waals surface area contributed by atoms with Crippen LogP contribution in [0, 0.1) is 0 Å². The molecule has 2 aromatic carbocycles. The van der Waals surface area contributed by atoms with Gasteiger partial charge in [-0.1, -0.05) is 29.3 Å². The minimum Gasteiger partial charge on any atom is -0.426 e. The molecule has 0 radical (unpaired) electrons. The summed E-state index contributed by atoms with van der Waals surface area (Å²) in [6.45, 7) is 0. The number of nitrogens with one attached hydrogen (secondary N) is 1. The highest BCUT2D eigenvalue weighted by atomic mass is 35.5. The number of ether oxygens (including phenoxy) is 1. The van der Waals surface area contributed by atoms with E-state index in [1.807, 2.05) is 0 Å². The van der Waals surface area contributed by atoms with Gasteiger partial charge in [0.1, 0.15) is 5.75 Å². The Bertz CT molecular complexity index is 759. The van der Waals surface area contributed by atoms with Crippen molar-refractivity contribution in [2.45, 2.75) is 18.8 Å². The highest BCUT2D eigenvalue weighted by Crippen LogP contribution is 2.40. The van der Waals surface area contributed by atoms with E-state index in [1.54, 1.807) is 42.5 Å². The number of hydrogen-bond acceptors (Lipinski definition) is 3. The molecule has 0 aliphatic carbocycles. The number of hydrogen-bond donors (Lipinski definition) is 1. The fraction of sp³-hybridized carbons (Fsp3) is 0.176. The zero-order valence-electron chi connectivity index (χ0n) is 12.0. The first kappa shape index (κ1) is 15.8. The van der Waals surface area contributed by atoms with Crippen molar-refractivity contribution in [3.63, 3.8) is 0 Å². The minimum atomic E-state index is -0.357. The maximum atomic E-state index is 12.3. The van der Waals surface area contributed by atoms with Gasteiger partial charge >= 0.3 is 5.97 Å². The molecule has 2 aromatic rings. The predicted octanol–water partition coefficient (Wildman–Crippen LogP) is 4.41. The van der Waals surface area contributed by atoms with Crippen LogP contribution < -0.4 is 10.1 Å². The molecule has 1 aliphatic rings. The lowest BCUT2D eigenvalue weighted by molar-refractivity contribution is -0.136. The van der Waals surface area contributed by atoms with Crippen molar-refractivity contribution >= 4 is 40.8 Å². The molecule has 1 amide bonds. The van der Waals surface area contributed by atoms with Gasteiger partial charge < -0.3 is 10.1 Å². The molecule has 0 saturated heterocycles. The third-order valence-corrected chi connectivity index (χ3v) is 4.20. The van der Waals surface area contributed by atoms with Crippen LogP contribution in [0.5, 0.6) is 5.75 Å². The number of halogens is 2. The lowest BCUT2D eigenvalue weighted by Gasteiger charge is -2.25. The Balaban J connectivity index is 1.76. The van der Waals surface area contributed by atoms with E-state index in [2.05, 4.69) is 5.32 Å². The number of anilines is 1. The van der Waals surface area contributed by atoms with Crippen LogP contribution in [0.25, 0.3) is 0 Å². The number of carbonyl (C=O) groups excluding carboxylic acids is 2. The minimum absolute atomic E-state index is 0.130. The van der Waals surface area contributed by atoms with Crippen molar-refractivity contribution in [3.8, 4) is 5.75 Å². The normalized spacial score (nSPS) is 16.4. The lowest BCUT2D eigenvalue weighted by Crippen LogP contribution is -2.24. The number of benzene rings is 2. The molecular weight excluding hydrogens is 337 g/mol. The number of rotatable bonds is 3. The van der Waals surface area contributed by atoms with Crippen LogP contribution >= 0.6 is 23.2 Å². The summed E-state index contributed by atoms with van der Waals surface area (Å²) in [6.07, 6.45) is 0.277. The van der Waals surface area contributed by atoms with Gasteiger partial charge in [0.2, 0.25) is 5.91 Å². The van der Waals surface area contributed by atoms with E-state index in [1.165, 1.54) is 0 Å². The van der Waals surface area contributed by atoms with Crippen molar-refractivity contribution < 1.29 is 14.3 Å². The van der Waals surface area contributed by atoms with E-state index in [0.29, 0.717) is 27.0 Å². The van der Waals surface area contributed by atoms with Gasteiger partial charge in [0.25, 0.3) is 0 Å². The van der Waals surface area contributed by atoms with Gasteiger partial charge in [0.15, 0.2) is 0 Å². The molecule has 1 aliphatic heterocycles. The van der Waals surface area contributed by atoms with E-state index >= 15 is 0 Å². The summed E-state index contributed by atoms with van der Waals surface area (Å²) < 4.78 is 5.19. The van der Waals surface area contributed by atoms with Crippen molar-refractivity contribution in [2.24, 2.45) is 0 Å². The number of amides is 1. The summed E-state index contributed by atoms with van der Waals surface area (Å²) in [6, 6.07) is 12.0. The molecule has 1 N–H and O–H groups in total. The highest BCUT2D eigenvalue weighted by molar-refractivity contribution is 6.31. The predicted molar refractivity (Wildman–Crippen MR) is 89.1 cm³/mol. The smallest absolute Gasteiger partial charge is 0.311 e. The van der Waals surface area contributed by atoms with E-state index in [4.69, 9.17) is 27.9 Å². The van der Waals surface area contributed by atoms with Crippen molar-refractivity contribution in [2.75, 3.05) is 5.32 Å². The molecule has 0 spiro atoms. The van der Waals surface area contributed by atoms with Crippen LogP contribution in [0.1, 0.15) is 24.3 Å². The largest absolute Gasteiger partial charge is 0.426 e. The number of esters is 1. The summed E-state index contributed by atoms with van der Waals surface area (Å²) in [5, 5.41) is 3.88. The first-order valence-electron chi connectivity index (χ1n) is 7.07. The first-order valence-corrected chi connectivity index (χ1v) is 7.83. The zero-order chi connectivity index (χ0) is 16.4. The van der Waals surface area contributed by atoms with E-state index in [-0.39, 0.29) is 30.6 Å². The maximum Gasteiger partial charge on any atom is 0.311 e. The molecule has 1 atom stereocenters. The van der Waals surface area contributed by atoms with Crippen LogP contribution in [0.3, 0.4) is 0 Å². The molecular formula is C17H13Cl2NO3. The van der Waals surface area contributed by atoms with Crippen molar-refractivity contribution in [1.82, 2.24) is 0 Å². The third-order valence-electron chi connectivity index (χ3n) is 3.62. The second kappa shape index (κ2) is 6.60. The molecule has 0 saturated carbocycles. The Morgan fingerprint density at radius 3 is 2.65 bits per heavy atom. The van der Waals surface area contributed by atoms with Crippen LogP contribution in [-0.4, -0.2) is 11.9 Å². The van der Waals surface area contributed by atoms with Crippen LogP contribution in [0.15, 0.2) is 42.5 Å². The second-order valence-corrected chi connectivity index (χ2v) is 6.13.